The van der Waals surface area contributed by atoms with Crippen molar-refractivity contribution in [3.8, 4) is 5.75 Å². The first-order valence-electron chi connectivity index (χ1n) is 6.55. The lowest BCUT2D eigenvalue weighted by molar-refractivity contribution is -0.107. The summed E-state index contributed by atoms with van der Waals surface area (Å²) >= 11 is 3.31. The number of ether oxygens (including phenoxy) is 1. The van der Waals surface area contributed by atoms with Crippen LogP contribution < -0.4 is 4.74 Å². The molecule has 0 saturated heterocycles. The van der Waals surface area contributed by atoms with E-state index in [1.807, 2.05) is 48.5 Å². The summed E-state index contributed by atoms with van der Waals surface area (Å²) in [5.41, 5.74) is 2.65. The molecule has 0 fully saturated rings. The third-order valence-electron chi connectivity index (χ3n) is 3.24. The molecule has 0 spiro atoms. The Morgan fingerprint density at radius 1 is 1.19 bits per heavy atom. The summed E-state index contributed by atoms with van der Waals surface area (Å²) in [5, 5.41) is 0.913. The van der Waals surface area contributed by atoms with Crippen molar-refractivity contribution in [3.05, 3.63) is 65.9 Å². The number of carbonyl (C=O) groups is 1. The van der Waals surface area contributed by atoms with E-state index in [-0.39, 0.29) is 4.83 Å². The summed E-state index contributed by atoms with van der Waals surface area (Å²) < 4.78 is 11.3. The van der Waals surface area contributed by atoms with Gasteiger partial charge in [0.25, 0.3) is 0 Å². The van der Waals surface area contributed by atoms with Crippen LogP contribution in [0.4, 0.5) is 0 Å². The zero-order valence-electron chi connectivity index (χ0n) is 11.2. The predicted octanol–water partition coefficient (Wildman–Crippen LogP) is 4.65. The molecule has 0 bridgehead atoms. The van der Waals surface area contributed by atoms with Gasteiger partial charge in [0.2, 0.25) is 0 Å². The van der Waals surface area contributed by atoms with E-state index < -0.39 is 0 Å². The molecule has 0 aliphatic heterocycles. The summed E-state index contributed by atoms with van der Waals surface area (Å²) in [4.78, 5) is 10.5. The smallest absolute Gasteiger partial charge is 0.138 e. The second-order valence-corrected chi connectivity index (χ2v) is 5.65. The Labute approximate surface area is 130 Å². The summed E-state index contributed by atoms with van der Waals surface area (Å²) in [6, 6.07) is 15.6. The largest absolute Gasteiger partial charge is 0.489 e. The fourth-order valence-corrected chi connectivity index (χ4v) is 2.50. The summed E-state index contributed by atoms with van der Waals surface area (Å²) in [6.07, 6.45) is 2.43. The average Bonchev–Trinajstić information content (AvgIpc) is 2.96. The molecule has 1 heterocycles. The molecule has 0 saturated carbocycles. The summed E-state index contributed by atoms with van der Waals surface area (Å²) in [7, 11) is 0. The number of hydrogen-bond donors (Lipinski definition) is 0. The van der Waals surface area contributed by atoms with Gasteiger partial charge in [-0.25, -0.2) is 0 Å². The van der Waals surface area contributed by atoms with Crippen LogP contribution in [-0.2, 0) is 11.4 Å². The van der Waals surface area contributed by atoms with Gasteiger partial charge in [-0.15, -0.1) is 0 Å². The van der Waals surface area contributed by atoms with Crippen LogP contribution in [0.3, 0.4) is 0 Å². The average molecular weight is 345 g/mol. The normalized spacial score (nSPS) is 12.2. The molecular weight excluding hydrogens is 332 g/mol. The maximum absolute atomic E-state index is 10.9. The number of carbonyl (C=O) groups excluding carboxylic acids is 1. The molecule has 21 heavy (non-hydrogen) atoms. The zero-order valence-corrected chi connectivity index (χ0v) is 12.7. The van der Waals surface area contributed by atoms with Gasteiger partial charge in [-0.2, -0.15) is 0 Å². The molecule has 3 rings (SSSR count). The standard InChI is InChI=1S/C17H13BrO3/c18-16(9-19)15-11-21-17-8-13(6-7-14(15)17)20-10-12-4-2-1-3-5-12/h1-9,11,16H,10H2. The zero-order chi connectivity index (χ0) is 14.7. The molecular formula is C17H13BrO3. The second kappa shape index (κ2) is 6.14. The molecule has 1 unspecified atom stereocenters. The van der Waals surface area contributed by atoms with Gasteiger partial charge in [0.1, 0.15) is 24.2 Å². The van der Waals surface area contributed by atoms with E-state index in [9.17, 15) is 4.79 Å². The van der Waals surface area contributed by atoms with Crippen molar-refractivity contribution in [2.45, 2.75) is 11.4 Å². The van der Waals surface area contributed by atoms with E-state index in [0.29, 0.717) is 12.2 Å². The predicted molar refractivity (Wildman–Crippen MR) is 84.7 cm³/mol. The van der Waals surface area contributed by atoms with Crippen LogP contribution in [0.25, 0.3) is 11.0 Å². The second-order valence-electron chi connectivity index (χ2n) is 4.66. The molecule has 3 aromatic rings. The molecule has 0 aliphatic carbocycles. The lowest BCUT2D eigenvalue weighted by atomic mass is 10.1. The number of fused-ring (bicyclic) bond motifs is 1. The maximum atomic E-state index is 10.9. The van der Waals surface area contributed by atoms with Crippen LogP contribution in [0.15, 0.2) is 59.2 Å². The summed E-state index contributed by atoms with van der Waals surface area (Å²) in [5.74, 6) is 0.740. The molecule has 1 aromatic heterocycles. The molecule has 1 atom stereocenters. The minimum atomic E-state index is -0.352. The highest BCUT2D eigenvalue weighted by Gasteiger charge is 2.14. The highest BCUT2D eigenvalue weighted by Crippen LogP contribution is 2.32. The Kier molecular flexibility index (Phi) is 4.06. The SMILES string of the molecule is O=CC(Br)c1coc2cc(OCc3ccccc3)ccc12. The van der Waals surface area contributed by atoms with Crippen LogP contribution in [0.1, 0.15) is 16.0 Å². The lowest BCUT2D eigenvalue weighted by Crippen LogP contribution is -1.94. The Hall–Kier alpha value is -2.07. The van der Waals surface area contributed by atoms with Gasteiger partial charge in [0.15, 0.2) is 0 Å². The van der Waals surface area contributed by atoms with Crippen molar-refractivity contribution in [3.63, 3.8) is 0 Å². The molecule has 4 heteroatoms. The first kappa shape index (κ1) is 13.9. The van der Waals surface area contributed by atoms with Gasteiger partial charge < -0.3 is 13.9 Å². The Morgan fingerprint density at radius 3 is 2.76 bits per heavy atom. The van der Waals surface area contributed by atoms with Crippen molar-refractivity contribution < 1.29 is 13.9 Å². The van der Waals surface area contributed by atoms with Crippen molar-refractivity contribution in [1.82, 2.24) is 0 Å². The number of benzene rings is 2. The van der Waals surface area contributed by atoms with E-state index in [2.05, 4.69) is 15.9 Å². The fourth-order valence-electron chi connectivity index (χ4n) is 2.15. The van der Waals surface area contributed by atoms with E-state index in [1.54, 1.807) is 6.26 Å². The number of rotatable bonds is 5. The van der Waals surface area contributed by atoms with Gasteiger partial charge >= 0.3 is 0 Å². The Bertz CT molecular complexity index is 749. The minimum Gasteiger partial charge on any atom is -0.489 e. The van der Waals surface area contributed by atoms with Crippen molar-refractivity contribution in [1.29, 1.82) is 0 Å². The van der Waals surface area contributed by atoms with Gasteiger partial charge in [-0.1, -0.05) is 46.3 Å². The number of hydrogen-bond acceptors (Lipinski definition) is 3. The topological polar surface area (TPSA) is 39.4 Å². The number of alkyl halides is 1. The Balaban J connectivity index is 1.80. The minimum absolute atomic E-state index is 0.352. The van der Waals surface area contributed by atoms with Crippen LogP contribution in [0, 0.1) is 0 Å². The molecule has 3 nitrogen and oxygen atoms in total. The van der Waals surface area contributed by atoms with Crippen molar-refractivity contribution in [2.24, 2.45) is 0 Å². The number of furan rings is 1. The van der Waals surface area contributed by atoms with Crippen LogP contribution in [0.2, 0.25) is 0 Å². The van der Waals surface area contributed by atoms with Crippen LogP contribution in [0.5, 0.6) is 5.75 Å². The third kappa shape index (κ3) is 3.00. The van der Waals surface area contributed by atoms with E-state index in [0.717, 1.165) is 28.5 Å². The van der Waals surface area contributed by atoms with Gasteiger partial charge in [0.05, 0.1) is 11.1 Å². The first-order valence-corrected chi connectivity index (χ1v) is 7.47. The molecule has 0 amide bonds. The molecule has 2 aromatic carbocycles. The first-order chi connectivity index (χ1) is 10.3. The monoisotopic (exact) mass is 344 g/mol. The van der Waals surface area contributed by atoms with Crippen LogP contribution in [-0.4, -0.2) is 6.29 Å². The van der Waals surface area contributed by atoms with E-state index in [1.165, 1.54) is 0 Å². The highest BCUT2D eigenvalue weighted by molar-refractivity contribution is 9.09. The number of aldehydes is 1. The molecule has 0 aliphatic rings. The fraction of sp³-hybridized carbons (Fsp3) is 0.118. The van der Waals surface area contributed by atoms with E-state index >= 15 is 0 Å². The van der Waals surface area contributed by atoms with Gasteiger partial charge in [-0.05, 0) is 17.7 Å². The number of halogens is 1. The quantitative estimate of drug-likeness (QED) is 0.499. The highest BCUT2D eigenvalue weighted by atomic mass is 79.9. The van der Waals surface area contributed by atoms with Crippen LogP contribution >= 0.6 is 15.9 Å². The van der Waals surface area contributed by atoms with Crippen molar-refractivity contribution in [2.75, 3.05) is 0 Å². The molecule has 0 N–H and O–H groups in total. The molecule has 0 radical (unpaired) electrons. The Morgan fingerprint density at radius 2 is 2.00 bits per heavy atom. The van der Waals surface area contributed by atoms with Gasteiger partial charge in [-0.3, -0.25) is 0 Å². The lowest BCUT2D eigenvalue weighted by Gasteiger charge is -2.06. The van der Waals surface area contributed by atoms with Gasteiger partial charge in [0, 0.05) is 17.0 Å². The molecule has 106 valence electrons. The van der Waals surface area contributed by atoms with Crippen molar-refractivity contribution >= 4 is 33.2 Å². The summed E-state index contributed by atoms with van der Waals surface area (Å²) in [6.45, 7) is 0.509. The third-order valence-corrected chi connectivity index (χ3v) is 3.95. The van der Waals surface area contributed by atoms with E-state index in [4.69, 9.17) is 9.15 Å². The maximum Gasteiger partial charge on any atom is 0.138 e.